The van der Waals surface area contributed by atoms with E-state index in [-0.39, 0.29) is 5.97 Å². The van der Waals surface area contributed by atoms with Crippen LogP contribution in [0.25, 0.3) is 0 Å². The summed E-state index contributed by atoms with van der Waals surface area (Å²) in [6.45, 7) is 5.19. The molecule has 2 heterocycles. The zero-order valence-electron chi connectivity index (χ0n) is 10.2. The Bertz CT molecular complexity index is 264. The molecule has 16 heavy (non-hydrogen) atoms. The number of hydrogen-bond donors (Lipinski definition) is 2. The van der Waals surface area contributed by atoms with E-state index < -0.39 is 5.54 Å². The molecule has 2 aliphatic rings. The highest BCUT2D eigenvalue weighted by molar-refractivity contribution is 5.80. The minimum Gasteiger partial charge on any atom is -0.468 e. The van der Waals surface area contributed by atoms with Gasteiger partial charge in [-0.1, -0.05) is 0 Å². The minimum atomic E-state index is -0.453. The van der Waals surface area contributed by atoms with Crippen LogP contribution in [0.15, 0.2) is 0 Å². The topological polar surface area (TPSA) is 50.4 Å². The van der Waals surface area contributed by atoms with Crippen molar-refractivity contribution in [3.63, 3.8) is 0 Å². The van der Waals surface area contributed by atoms with Crippen LogP contribution < -0.4 is 10.6 Å². The fraction of sp³-hybridized carbons (Fsp3) is 0.917. The summed E-state index contributed by atoms with van der Waals surface area (Å²) in [7, 11) is 1.46. The first kappa shape index (κ1) is 11.9. The van der Waals surface area contributed by atoms with Gasteiger partial charge in [0.15, 0.2) is 0 Å². The molecule has 0 bridgehead atoms. The summed E-state index contributed by atoms with van der Waals surface area (Å²) in [4.78, 5) is 11.6. The predicted octanol–water partition coefficient (Wildman–Crippen LogP) is 0.527. The molecule has 0 spiro atoms. The van der Waals surface area contributed by atoms with Gasteiger partial charge in [-0.2, -0.15) is 0 Å². The van der Waals surface area contributed by atoms with Crippen LogP contribution in [0.3, 0.4) is 0 Å². The second kappa shape index (κ2) is 4.72. The van der Waals surface area contributed by atoms with Gasteiger partial charge in [-0.15, -0.1) is 0 Å². The predicted molar refractivity (Wildman–Crippen MR) is 62.1 cm³/mol. The molecule has 0 aromatic carbocycles. The minimum absolute atomic E-state index is 0.125. The standard InChI is InChI=1S/C12H22N2O2/c1-12(11(15)16-2)6-10(8-14-12)5-9-3-4-13-7-9/h9-10,13-14H,3-8H2,1-2H3. The van der Waals surface area contributed by atoms with E-state index in [0.29, 0.717) is 5.92 Å². The summed E-state index contributed by atoms with van der Waals surface area (Å²) >= 11 is 0. The van der Waals surface area contributed by atoms with Crippen molar-refractivity contribution in [2.45, 2.75) is 31.7 Å². The average Bonchev–Trinajstić information content (AvgIpc) is 2.89. The smallest absolute Gasteiger partial charge is 0.325 e. The van der Waals surface area contributed by atoms with E-state index in [9.17, 15) is 4.79 Å². The summed E-state index contributed by atoms with van der Waals surface area (Å²) in [6, 6.07) is 0. The lowest BCUT2D eigenvalue weighted by atomic mass is 9.88. The van der Waals surface area contributed by atoms with Crippen LogP contribution in [0.5, 0.6) is 0 Å². The number of methoxy groups -OCH3 is 1. The maximum absolute atomic E-state index is 11.6. The fourth-order valence-electron chi connectivity index (χ4n) is 3.03. The summed E-state index contributed by atoms with van der Waals surface area (Å²) < 4.78 is 4.84. The van der Waals surface area contributed by atoms with Gasteiger partial charge in [-0.25, -0.2) is 0 Å². The molecule has 4 nitrogen and oxygen atoms in total. The molecule has 0 amide bonds. The zero-order chi connectivity index (χ0) is 11.6. The normalized spacial score (nSPS) is 38.9. The number of esters is 1. The highest BCUT2D eigenvalue weighted by Gasteiger charge is 2.42. The average molecular weight is 226 g/mol. The molecule has 92 valence electrons. The Labute approximate surface area is 97.1 Å². The number of ether oxygens (including phenoxy) is 1. The molecule has 2 rings (SSSR count). The van der Waals surface area contributed by atoms with E-state index >= 15 is 0 Å². The molecule has 2 fully saturated rings. The molecule has 0 saturated carbocycles. The lowest BCUT2D eigenvalue weighted by Gasteiger charge is -2.21. The fourth-order valence-corrected chi connectivity index (χ4v) is 3.03. The Kier molecular flexibility index (Phi) is 3.50. The molecular weight excluding hydrogens is 204 g/mol. The van der Waals surface area contributed by atoms with Crippen molar-refractivity contribution in [1.82, 2.24) is 10.6 Å². The van der Waals surface area contributed by atoms with E-state index in [1.807, 2.05) is 6.92 Å². The van der Waals surface area contributed by atoms with Gasteiger partial charge in [0.25, 0.3) is 0 Å². The first-order chi connectivity index (χ1) is 7.64. The second-order valence-electron chi connectivity index (χ2n) is 5.37. The summed E-state index contributed by atoms with van der Waals surface area (Å²) in [5, 5.41) is 6.70. The van der Waals surface area contributed by atoms with Crippen LogP contribution >= 0.6 is 0 Å². The molecule has 0 radical (unpaired) electrons. The van der Waals surface area contributed by atoms with Crippen molar-refractivity contribution in [3.05, 3.63) is 0 Å². The number of carbonyl (C=O) groups is 1. The van der Waals surface area contributed by atoms with E-state index in [1.165, 1.54) is 20.0 Å². The van der Waals surface area contributed by atoms with E-state index in [2.05, 4.69) is 10.6 Å². The molecule has 0 aromatic heterocycles. The summed E-state index contributed by atoms with van der Waals surface area (Å²) in [5.41, 5.74) is -0.453. The highest BCUT2D eigenvalue weighted by atomic mass is 16.5. The Morgan fingerprint density at radius 3 is 2.88 bits per heavy atom. The third-order valence-electron chi connectivity index (χ3n) is 3.94. The van der Waals surface area contributed by atoms with Gasteiger partial charge in [-0.3, -0.25) is 4.79 Å². The van der Waals surface area contributed by atoms with Gasteiger partial charge in [0.2, 0.25) is 0 Å². The van der Waals surface area contributed by atoms with Gasteiger partial charge >= 0.3 is 5.97 Å². The van der Waals surface area contributed by atoms with Crippen molar-refractivity contribution >= 4 is 5.97 Å². The van der Waals surface area contributed by atoms with Crippen LogP contribution in [0.4, 0.5) is 0 Å². The molecule has 4 heteroatoms. The monoisotopic (exact) mass is 226 g/mol. The maximum atomic E-state index is 11.6. The SMILES string of the molecule is COC(=O)C1(C)CC(CC2CCNC2)CN1. The lowest BCUT2D eigenvalue weighted by molar-refractivity contribution is -0.147. The maximum Gasteiger partial charge on any atom is 0.325 e. The zero-order valence-corrected chi connectivity index (χ0v) is 10.2. The first-order valence-corrected chi connectivity index (χ1v) is 6.18. The molecule has 2 N–H and O–H groups in total. The van der Waals surface area contributed by atoms with Gasteiger partial charge in [0, 0.05) is 0 Å². The Balaban J connectivity index is 1.84. The number of carbonyl (C=O) groups excluding carboxylic acids is 1. The highest BCUT2D eigenvalue weighted by Crippen LogP contribution is 2.31. The van der Waals surface area contributed by atoms with E-state index in [1.54, 1.807) is 0 Å². The van der Waals surface area contributed by atoms with E-state index in [0.717, 1.165) is 32.0 Å². The van der Waals surface area contributed by atoms with Gasteiger partial charge < -0.3 is 15.4 Å². The molecule has 3 unspecified atom stereocenters. The third kappa shape index (κ3) is 2.38. The quantitative estimate of drug-likeness (QED) is 0.689. The Morgan fingerprint density at radius 1 is 1.44 bits per heavy atom. The van der Waals surface area contributed by atoms with Gasteiger partial charge in [-0.05, 0) is 57.7 Å². The molecule has 2 saturated heterocycles. The Hall–Kier alpha value is -0.610. The number of rotatable bonds is 3. The number of nitrogens with one attached hydrogen (secondary N) is 2. The van der Waals surface area contributed by atoms with Crippen LogP contribution in [0.1, 0.15) is 26.2 Å². The third-order valence-corrected chi connectivity index (χ3v) is 3.94. The first-order valence-electron chi connectivity index (χ1n) is 6.18. The van der Waals surface area contributed by atoms with Crippen molar-refractivity contribution < 1.29 is 9.53 Å². The van der Waals surface area contributed by atoms with Crippen molar-refractivity contribution in [2.75, 3.05) is 26.7 Å². The molecule has 2 aliphatic heterocycles. The molecule has 0 aromatic rings. The molecule has 0 aliphatic carbocycles. The van der Waals surface area contributed by atoms with Crippen molar-refractivity contribution in [3.8, 4) is 0 Å². The van der Waals surface area contributed by atoms with Crippen LogP contribution in [-0.2, 0) is 9.53 Å². The Morgan fingerprint density at radius 2 is 2.25 bits per heavy atom. The van der Waals surface area contributed by atoms with Crippen LogP contribution in [0, 0.1) is 11.8 Å². The van der Waals surface area contributed by atoms with Crippen LogP contribution in [0.2, 0.25) is 0 Å². The lowest BCUT2D eigenvalue weighted by Crippen LogP contribution is -2.45. The van der Waals surface area contributed by atoms with Crippen LogP contribution in [-0.4, -0.2) is 38.3 Å². The van der Waals surface area contributed by atoms with Gasteiger partial charge in [0.1, 0.15) is 5.54 Å². The van der Waals surface area contributed by atoms with Crippen molar-refractivity contribution in [2.24, 2.45) is 11.8 Å². The molecular formula is C12H22N2O2. The van der Waals surface area contributed by atoms with Gasteiger partial charge in [0.05, 0.1) is 7.11 Å². The number of hydrogen-bond acceptors (Lipinski definition) is 4. The molecule has 3 atom stereocenters. The second-order valence-corrected chi connectivity index (χ2v) is 5.37. The summed E-state index contributed by atoms with van der Waals surface area (Å²) in [5.74, 6) is 1.29. The largest absolute Gasteiger partial charge is 0.468 e. The van der Waals surface area contributed by atoms with E-state index in [4.69, 9.17) is 4.74 Å². The summed E-state index contributed by atoms with van der Waals surface area (Å²) in [6.07, 6.45) is 3.42. The van der Waals surface area contributed by atoms with Crippen molar-refractivity contribution in [1.29, 1.82) is 0 Å².